The quantitative estimate of drug-likeness (QED) is 0.817. The van der Waals surface area contributed by atoms with Crippen LogP contribution in [0, 0.1) is 0 Å². The Hall–Kier alpha value is -1.29. The summed E-state index contributed by atoms with van der Waals surface area (Å²) < 4.78 is 0. The van der Waals surface area contributed by atoms with Crippen LogP contribution in [0.15, 0.2) is 48.5 Å². The van der Waals surface area contributed by atoms with Gasteiger partial charge in [-0.25, -0.2) is 0 Å². The van der Waals surface area contributed by atoms with Crippen molar-refractivity contribution in [3.63, 3.8) is 0 Å². The number of thiocarbonyl (C=S) groups is 1. The lowest BCUT2D eigenvalue weighted by Gasteiger charge is -2.10. The number of hydrogen-bond donors (Lipinski definition) is 2. The normalized spacial score (nSPS) is 10.0. The molecule has 2 N–H and O–H groups in total. The van der Waals surface area contributed by atoms with Gasteiger partial charge in [-0.05, 0) is 54.2 Å². The Morgan fingerprint density at radius 1 is 0.895 bits per heavy atom. The summed E-state index contributed by atoms with van der Waals surface area (Å²) in [5.74, 6) is 0. The van der Waals surface area contributed by atoms with Crippen molar-refractivity contribution in [3.8, 4) is 0 Å². The van der Waals surface area contributed by atoms with Gasteiger partial charge in [0.05, 0.1) is 0 Å². The van der Waals surface area contributed by atoms with E-state index < -0.39 is 0 Å². The van der Waals surface area contributed by atoms with Crippen molar-refractivity contribution in [3.05, 3.63) is 64.1 Å². The maximum atomic E-state index is 5.83. The standard InChI is InChI=1S/C14H12Cl2N2S/c15-11-3-1-10(2-4-11)9-17-14(19)18-13-7-5-12(16)6-8-13/h1-8H,9H2,(H2,17,18,19). The minimum absolute atomic E-state index is 0.567. The number of halogens is 2. The van der Waals surface area contributed by atoms with Crippen LogP contribution in [0.3, 0.4) is 0 Å². The number of nitrogens with one attached hydrogen (secondary N) is 2. The van der Waals surface area contributed by atoms with Crippen LogP contribution in [0.4, 0.5) is 5.69 Å². The molecular weight excluding hydrogens is 299 g/mol. The van der Waals surface area contributed by atoms with Gasteiger partial charge < -0.3 is 10.6 Å². The number of benzene rings is 2. The minimum atomic E-state index is 0.567. The maximum absolute atomic E-state index is 5.83. The average molecular weight is 311 g/mol. The Labute approximate surface area is 127 Å². The Kier molecular flexibility index (Phi) is 5.02. The molecule has 0 aliphatic rings. The van der Waals surface area contributed by atoms with E-state index in [4.69, 9.17) is 35.4 Å². The van der Waals surface area contributed by atoms with Crippen LogP contribution in [0.1, 0.15) is 5.56 Å². The van der Waals surface area contributed by atoms with E-state index in [2.05, 4.69) is 10.6 Å². The summed E-state index contributed by atoms with van der Waals surface area (Å²) in [7, 11) is 0. The van der Waals surface area contributed by atoms with Crippen molar-refractivity contribution in [1.82, 2.24) is 5.32 Å². The molecule has 0 radical (unpaired) electrons. The van der Waals surface area contributed by atoms with Gasteiger partial charge in [0.2, 0.25) is 0 Å². The fourth-order valence-electron chi connectivity index (χ4n) is 1.49. The molecule has 0 saturated heterocycles. The van der Waals surface area contributed by atoms with Crippen LogP contribution in [0.5, 0.6) is 0 Å². The van der Waals surface area contributed by atoms with Gasteiger partial charge in [0, 0.05) is 22.3 Å². The van der Waals surface area contributed by atoms with Crippen LogP contribution in [-0.2, 0) is 6.54 Å². The third kappa shape index (κ3) is 4.71. The van der Waals surface area contributed by atoms with Crippen molar-refractivity contribution < 1.29 is 0 Å². The molecule has 2 rings (SSSR count). The topological polar surface area (TPSA) is 24.1 Å². The van der Waals surface area contributed by atoms with Gasteiger partial charge in [-0.15, -0.1) is 0 Å². The Balaban J connectivity index is 1.84. The second kappa shape index (κ2) is 6.75. The largest absolute Gasteiger partial charge is 0.358 e. The molecule has 2 aromatic rings. The van der Waals surface area contributed by atoms with Crippen molar-refractivity contribution >= 4 is 46.2 Å². The molecule has 0 saturated carbocycles. The van der Waals surface area contributed by atoms with Gasteiger partial charge in [-0.1, -0.05) is 35.3 Å². The SMILES string of the molecule is S=C(NCc1ccc(Cl)cc1)Nc1ccc(Cl)cc1. The first kappa shape index (κ1) is 14.1. The zero-order valence-corrected chi connectivity index (χ0v) is 12.3. The van der Waals surface area contributed by atoms with Gasteiger partial charge in [0.1, 0.15) is 0 Å². The summed E-state index contributed by atoms with van der Waals surface area (Å²) in [6.45, 7) is 0.649. The molecule has 0 atom stereocenters. The number of anilines is 1. The molecule has 5 heteroatoms. The van der Waals surface area contributed by atoms with Crippen LogP contribution in [0.25, 0.3) is 0 Å². The lowest BCUT2D eigenvalue weighted by atomic mass is 10.2. The zero-order valence-electron chi connectivity index (χ0n) is 9.99. The smallest absolute Gasteiger partial charge is 0.171 e. The highest BCUT2D eigenvalue weighted by Crippen LogP contribution is 2.13. The fourth-order valence-corrected chi connectivity index (χ4v) is 1.94. The Morgan fingerprint density at radius 3 is 2.00 bits per heavy atom. The van der Waals surface area contributed by atoms with Crippen LogP contribution < -0.4 is 10.6 Å². The van der Waals surface area contributed by atoms with Gasteiger partial charge in [0.25, 0.3) is 0 Å². The first-order valence-electron chi connectivity index (χ1n) is 5.68. The molecule has 0 spiro atoms. The molecule has 2 nitrogen and oxygen atoms in total. The van der Waals surface area contributed by atoms with E-state index in [1.54, 1.807) is 0 Å². The van der Waals surface area contributed by atoms with E-state index in [-0.39, 0.29) is 0 Å². The fraction of sp³-hybridized carbons (Fsp3) is 0.0714. The third-order valence-electron chi connectivity index (χ3n) is 2.47. The van der Waals surface area contributed by atoms with E-state index in [1.807, 2.05) is 48.5 Å². The zero-order chi connectivity index (χ0) is 13.7. The molecule has 0 bridgehead atoms. The predicted molar refractivity (Wildman–Crippen MR) is 86.0 cm³/mol. The van der Waals surface area contributed by atoms with Crippen molar-refractivity contribution in [2.45, 2.75) is 6.54 Å². The maximum Gasteiger partial charge on any atom is 0.171 e. The van der Waals surface area contributed by atoms with E-state index in [1.165, 1.54) is 0 Å². The monoisotopic (exact) mass is 310 g/mol. The Bertz CT molecular complexity index is 553. The van der Waals surface area contributed by atoms with Crippen molar-refractivity contribution in [2.24, 2.45) is 0 Å². The highest BCUT2D eigenvalue weighted by Gasteiger charge is 1.98. The molecule has 0 aliphatic carbocycles. The number of rotatable bonds is 3. The first-order valence-corrected chi connectivity index (χ1v) is 6.85. The summed E-state index contributed by atoms with van der Waals surface area (Å²) in [6, 6.07) is 15.0. The van der Waals surface area contributed by atoms with E-state index >= 15 is 0 Å². The molecule has 19 heavy (non-hydrogen) atoms. The summed E-state index contributed by atoms with van der Waals surface area (Å²) in [5, 5.41) is 8.21. The predicted octanol–water partition coefficient (Wildman–Crippen LogP) is 4.48. The summed E-state index contributed by atoms with van der Waals surface area (Å²) >= 11 is 16.9. The lowest BCUT2D eigenvalue weighted by Crippen LogP contribution is -2.27. The number of hydrogen-bond acceptors (Lipinski definition) is 1. The molecule has 0 fully saturated rings. The molecule has 0 unspecified atom stereocenters. The third-order valence-corrected chi connectivity index (χ3v) is 3.22. The summed E-state index contributed by atoms with van der Waals surface area (Å²) in [4.78, 5) is 0. The first-order chi connectivity index (χ1) is 9.13. The van der Waals surface area contributed by atoms with Gasteiger partial charge in [-0.2, -0.15) is 0 Å². The van der Waals surface area contributed by atoms with Crippen molar-refractivity contribution in [1.29, 1.82) is 0 Å². The molecular formula is C14H12Cl2N2S. The van der Waals surface area contributed by atoms with E-state index in [0.717, 1.165) is 16.3 Å². The van der Waals surface area contributed by atoms with Gasteiger partial charge in [-0.3, -0.25) is 0 Å². The van der Waals surface area contributed by atoms with Gasteiger partial charge >= 0.3 is 0 Å². The second-order valence-corrected chi connectivity index (χ2v) is 5.22. The highest BCUT2D eigenvalue weighted by atomic mass is 35.5. The minimum Gasteiger partial charge on any atom is -0.358 e. The van der Waals surface area contributed by atoms with Crippen LogP contribution >= 0.6 is 35.4 Å². The molecule has 0 aromatic heterocycles. The molecule has 2 aromatic carbocycles. The molecule has 0 aliphatic heterocycles. The van der Waals surface area contributed by atoms with Crippen LogP contribution in [0.2, 0.25) is 10.0 Å². The molecule has 0 heterocycles. The summed E-state index contributed by atoms with van der Waals surface area (Å²) in [5.41, 5.74) is 2.02. The second-order valence-electron chi connectivity index (χ2n) is 3.94. The molecule has 0 amide bonds. The van der Waals surface area contributed by atoms with E-state index in [0.29, 0.717) is 16.7 Å². The molecule has 98 valence electrons. The Morgan fingerprint density at radius 2 is 1.42 bits per heavy atom. The van der Waals surface area contributed by atoms with Gasteiger partial charge in [0.15, 0.2) is 5.11 Å². The summed E-state index contributed by atoms with van der Waals surface area (Å²) in [6.07, 6.45) is 0. The highest BCUT2D eigenvalue weighted by molar-refractivity contribution is 7.80. The average Bonchev–Trinajstić information content (AvgIpc) is 2.41. The van der Waals surface area contributed by atoms with Crippen LogP contribution in [-0.4, -0.2) is 5.11 Å². The van der Waals surface area contributed by atoms with Crippen molar-refractivity contribution in [2.75, 3.05) is 5.32 Å². The lowest BCUT2D eigenvalue weighted by molar-refractivity contribution is 0.926. The van der Waals surface area contributed by atoms with E-state index in [9.17, 15) is 0 Å².